The fourth-order valence-electron chi connectivity index (χ4n) is 1.28. The summed E-state index contributed by atoms with van der Waals surface area (Å²) >= 11 is 1.68. The number of nitrogens with one attached hydrogen (secondary N) is 1. The van der Waals surface area contributed by atoms with Crippen LogP contribution in [0.15, 0.2) is 0 Å². The van der Waals surface area contributed by atoms with Crippen LogP contribution in [0.2, 0.25) is 0 Å². The number of alkyl carbamates (subject to hydrolysis) is 1. The molecule has 1 fully saturated rings. The predicted octanol–water partition coefficient (Wildman–Crippen LogP) is 1.77. The molecule has 0 aromatic heterocycles. The first-order valence-corrected chi connectivity index (χ1v) is 6.05. The fourth-order valence-corrected chi connectivity index (χ4v) is 2.55. The molecule has 0 radical (unpaired) electrons. The molecular weight excluding hydrogens is 212 g/mol. The SMILES string of the molecule is CC(C)(C)OC(=O)N[C@@H]1CSC[C@H]1C#N. The molecule has 2 atom stereocenters. The first-order valence-electron chi connectivity index (χ1n) is 4.89. The van der Waals surface area contributed by atoms with Gasteiger partial charge in [-0.3, -0.25) is 0 Å². The molecule has 0 aromatic rings. The molecule has 1 aliphatic heterocycles. The molecule has 0 unspecified atom stereocenters. The number of hydrogen-bond donors (Lipinski definition) is 1. The van der Waals surface area contributed by atoms with E-state index >= 15 is 0 Å². The van der Waals surface area contributed by atoms with Gasteiger partial charge in [0.15, 0.2) is 0 Å². The van der Waals surface area contributed by atoms with Gasteiger partial charge in [-0.15, -0.1) is 0 Å². The van der Waals surface area contributed by atoms with Crippen LogP contribution in [0.4, 0.5) is 4.79 Å². The van der Waals surface area contributed by atoms with E-state index in [4.69, 9.17) is 10.00 Å². The number of carbonyl (C=O) groups is 1. The number of nitrogens with zero attached hydrogens (tertiary/aromatic N) is 1. The van der Waals surface area contributed by atoms with Crippen molar-refractivity contribution in [1.29, 1.82) is 5.26 Å². The Morgan fingerprint density at radius 3 is 2.73 bits per heavy atom. The van der Waals surface area contributed by atoms with E-state index in [1.54, 1.807) is 11.8 Å². The molecule has 5 heteroatoms. The van der Waals surface area contributed by atoms with Gasteiger partial charge in [0, 0.05) is 11.5 Å². The van der Waals surface area contributed by atoms with Crippen LogP contribution in [-0.4, -0.2) is 29.2 Å². The largest absolute Gasteiger partial charge is 0.444 e. The standard InChI is InChI=1S/C10H16N2O2S/c1-10(2,3)14-9(13)12-8-6-15-5-7(8)4-11/h7-8H,5-6H2,1-3H3,(H,12,13)/t7-,8-/m1/s1. The van der Waals surface area contributed by atoms with Gasteiger partial charge in [0.2, 0.25) is 0 Å². The molecule has 1 saturated heterocycles. The van der Waals surface area contributed by atoms with Crippen LogP contribution < -0.4 is 5.32 Å². The van der Waals surface area contributed by atoms with E-state index in [2.05, 4.69) is 11.4 Å². The average molecular weight is 228 g/mol. The third-order valence-corrected chi connectivity index (χ3v) is 3.14. The fraction of sp³-hybridized carbons (Fsp3) is 0.800. The third-order valence-electron chi connectivity index (χ3n) is 1.95. The zero-order valence-corrected chi connectivity index (χ0v) is 10.1. The maximum absolute atomic E-state index is 11.4. The number of thioether (sulfide) groups is 1. The van der Waals surface area contributed by atoms with Crippen molar-refractivity contribution < 1.29 is 9.53 Å². The maximum Gasteiger partial charge on any atom is 0.407 e. The topological polar surface area (TPSA) is 62.1 Å². The molecule has 1 amide bonds. The van der Waals surface area contributed by atoms with E-state index < -0.39 is 11.7 Å². The highest BCUT2D eigenvalue weighted by Crippen LogP contribution is 2.23. The monoisotopic (exact) mass is 228 g/mol. The van der Waals surface area contributed by atoms with Crippen molar-refractivity contribution in [2.45, 2.75) is 32.4 Å². The molecular formula is C10H16N2O2S. The highest BCUT2D eigenvalue weighted by molar-refractivity contribution is 7.99. The van der Waals surface area contributed by atoms with E-state index in [1.807, 2.05) is 20.8 Å². The minimum Gasteiger partial charge on any atom is -0.444 e. The first kappa shape index (κ1) is 12.2. The van der Waals surface area contributed by atoms with Crippen molar-refractivity contribution in [2.24, 2.45) is 5.92 Å². The second-order valence-electron chi connectivity index (χ2n) is 4.53. The van der Waals surface area contributed by atoms with E-state index in [1.165, 1.54) is 0 Å². The molecule has 0 aliphatic carbocycles. The summed E-state index contributed by atoms with van der Waals surface area (Å²) < 4.78 is 5.12. The van der Waals surface area contributed by atoms with E-state index in [0.717, 1.165) is 11.5 Å². The Balaban J connectivity index is 2.42. The van der Waals surface area contributed by atoms with Crippen molar-refractivity contribution in [2.75, 3.05) is 11.5 Å². The first-order chi connectivity index (χ1) is 6.92. The van der Waals surface area contributed by atoms with Gasteiger partial charge in [-0.2, -0.15) is 17.0 Å². The van der Waals surface area contributed by atoms with Crippen molar-refractivity contribution in [3.05, 3.63) is 0 Å². The summed E-state index contributed by atoms with van der Waals surface area (Å²) in [6.45, 7) is 5.45. The lowest BCUT2D eigenvalue weighted by molar-refractivity contribution is 0.0504. The van der Waals surface area contributed by atoms with Crippen LogP contribution in [0.25, 0.3) is 0 Å². The zero-order valence-electron chi connectivity index (χ0n) is 9.24. The predicted molar refractivity (Wildman–Crippen MR) is 59.6 cm³/mol. The molecule has 4 nitrogen and oxygen atoms in total. The number of carbonyl (C=O) groups excluding carboxylic acids is 1. The van der Waals surface area contributed by atoms with Gasteiger partial charge in [-0.05, 0) is 20.8 Å². The van der Waals surface area contributed by atoms with Gasteiger partial charge >= 0.3 is 6.09 Å². The van der Waals surface area contributed by atoms with Crippen LogP contribution >= 0.6 is 11.8 Å². The molecule has 0 spiro atoms. The summed E-state index contributed by atoms with van der Waals surface area (Å²) in [6, 6.07) is 2.12. The normalized spacial score (nSPS) is 25.7. The molecule has 84 valence electrons. The second-order valence-corrected chi connectivity index (χ2v) is 5.60. The summed E-state index contributed by atoms with van der Waals surface area (Å²) in [5.41, 5.74) is -0.488. The Hall–Kier alpha value is -0.890. The Morgan fingerprint density at radius 1 is 1.53 bits per heavy atom. The number of ether oxygens (including phenoxy) is 1. The maximum atomic E-state index is 11.4. The van der Waals surface area contributed by atoms with Crippen LogP contribution in [0, 0.1) is 17.2 Å². The van der Waals surface area contributed by atoms with Gasteiger partial charge in [0.1, 0.15) is 5.60 Å². The van der Waals surface area contributed by atoms with Gasteiger partial charge in [0.05, 0.1) is 18.0 Å². The summed E-state index contributed by atoms with van der Waals surface area (Å²) in [4.78, 5) is 11.4. The van der Waals surface area contributed by atoms with E-state index in [-0.39, 0.29) is 12.0 Å². The Labute approximate surface area is 94.4 Å². The smallest absolute Gasteiger partial charge is 0.407 e. The van der Waals surface area contributed by atoms with E-state index in [9.17, 15) is 4.79 Å². The van der Waals surface area contributed by atoms with Gasteiger partial charge in [0.25, 0.3) is 0 Å². The number of amides is 1. The van der Waals surface area contributed by atoms with Gasteiger partial charge in [-0.1, -0.05) is 0 Å². The second kappa shape index (κ2) is 4.75. The third kappa shape index (κ3) is 4.00. The average Bonchev–Trinajstić information content (AvgIpc) is 2.48. The van der Waals surface area contributed by atoms with Crippen molar-refractivity contribution >= 4 is 17.9 Å². The number of rotatable bonds is 1. The lowest BCUT2D eigenvalue weighted by Crippen LogP contribution is -2.42. The number of nitriles is 1. The van der Waals surface area contributed by atoms with Crippen molar-refractivity contribution in [1.82, 2.24) is 5.32 Å². The summed E-state index contributed by atoms with van der Waals surface area (Å²) in [5.74, 6) is 1.48. The lowest BCUT2D eigenvalue weighted by atomic mass is 10.1. The van der Waals surface area contributed by atoms with Crippen molar-refractivity contribution in [3.63, 3.8) is 0 Å². The Morgan fingerprint density at radius 2 is 2.20 bits per heavy atom. The molecule has 0 aromatic carbocycles. The molecule has 1 rings (SSSR count). The molecule has 1 N–H and O–H groups in total. The summed E-state index contributed by atoms with van der Waals surface area (Å²) in [5, 5.41) is 11.6. The molecule has 15 heavy (non-hydrogen) atoms. The lowest BCUT2D eigenvalue weighted by Gasteiger charge is -2.22. The zero-order chi connectivity index (χ0) is 11.5. The number of hydrogen-bond acceptors (Lipinski definition) is 4. The molecule has 0 bridgehead atoms. The quantitative estimate of drug-likeness (QED) is 0.743. The summed E-state index contributed by atoms with van der Waals surface area (Å²) in [7, 11) is 0. The highest BCUT2D eigenvalue weighted by atomic mass is 32.2. The van der Waals surface area contributed by atoms with Gasteiger partial charge < -0.3 is 10.1 Å². The molecule has 1 aliphatic rings. The van der Waals surface area contributed by atoms with Gasteiger partial charge in [-0.25, -0.2) is 4.79 Å². The molecule has 1 heterocycles. The highest BCUT2D eigenvalue weighted by Gasteiger charge is 2.30. The Bertz CT molecular complexity index is 280. The van der Waals surface area contributed by atoms with Crippen LogP contribution in [0.3, 0.4) is 0 Å². The van der Waals surface area contributed by atoms with E-state index in [0.29, 0.717) is 0 Å². The minimum absolute atomic E-state index is 0.0742. The summed E-state index contributed by atoms with van der Waals surface area (Å²) in [6.07, 6.45) is -0.435. The minimum atomic E-state index is -0.488. The van der Waals surface area contributed by atoms with Crippen LogP contribution in [-0.2, 0) is 4.74 Å². The Kier molecular flexibility index (Phi) is 3.86. The van der Waals surface area contributed by atoms with Crippen LogP contribution in [0.1, 0.15) is 20.8 Å². The van der Waals surface area contributed by atoms with Crippen LogP contribution in [0.5, 0.6) is 0 Å². The van der Waals surface area contributed by atoms with Crippen molar-refractivity contribution in [3.8, 4) is 6.07 Å². The molecule has 0 saturated carbocycles.